The Morgan fingerprint density at radius 2 is 0.867 bits per heavy atom. The van der Waals surface area contributed by atoms with Crippen molar-refractivity contribution in [2.45, 2.75) is 264 Å². The van der Waals surface area contributed by atoms with Crippen LogP contribution in [0, 0.1) is 0 Å². The van der Waals surface area contributed by atoms with Crippen molar-refractivity contribution in [1.29, 1.82) is 0 Å². The number of phosphoric acid groups is 1. The number of quaternary nitrogens is 1. The van der Waals surface area contributed by atoms with Crippen LogP contribution in [0.25, 0.3) is 0 Å². The average Bonchev–Trinajstić information content (AvgIpc) is 3.37. The minimum atomic E-state index is -4.47. The van der Waals surface area contributed by atoms with Crippen LogP contribution < -0.4 is 5.32 Å². The number of esters is 1. The molecule has 0 aromatic carbocycles. The second kappa shape index (κ2) is 54.3. The maximum atomic E-state index is 13.5. The zero-order chi connectivity index (χ0) is 55.0. The van der Waals surface area contributed by atoms with Gasteiger partial charge in [-0.05, 0) is 102 Å². The van der Waals surface area contributed by atoms with Crippen molar-refractivity contribution >= 4 is 19.7 Å². The number of phosphoric ester groups is 1. The van der Waals surface area contributed by atoms with Gasteiger partial charge in [0.1, 0.15) is 19.3 Å². The van der Waals surface area contributed by atoms with Crippen LogP contribution in [0.15, 0.2) is 97.2 Å². The molecule has 10 heteroatoms. The van der Waals surface area contributed by atoms with Gasteiger partial charge in [0, 0.05) is 12.8 Å². The molecule has 0 saturated carbocycles. The van der Waals surface area contributed by atoms with E-state index < -0.39 is 20.0 Å². The number of hydrogen-bond acceptors (Lipinski definition) is 6. The first-order valence-corrected chi connectivity index (χ1v) is 32.1. The van der Waals surface area contributed by atoms with Crippen LogP contribution in [-0.4, -0.2) is 74.3 Å². The van der Waals surface area contributed by atoms with E-state index in [0.29, 0.717) is 23.9 Å². The lowest BCUT2D eigenvalue weighted by atomic mass is 10.0. The first-order valence-electron chi connectivity index (χ1n) is 30.6. The molecule has 0 aliphatic rings. The molecule has 75 heavy (non-hydrogen) atoms. The number of ether oxygens (including phenoxy) is 1. The highest BCUT2D eigenvalue weighted by molar-refractivity contribution is 7.47. The molecule has 9 nitrogen and oxygen atoms in total. The Hall–Kier alpha value is -3.07. The summed E-state index contributed by atoms with van der Waals surface area (Å²) in [6.07, 6.45) is 72.6. The molecule has 2 N–H and O–H groups in total. The molecule has 432 valence electrons. The Kier molecular flexibility index (Phi) is 52.1. The number of rotatable bonds is 54. The summed E-state index contributed by atoms with van der Waals surface area (Å²) in [6, 6.07) is -0.879. The number of carbonyl (C=O) groups is 2. The van der Waals surface area contributed by atoms with Gasteiger partial charge in [0.2, 0.25) is 5.91 Å². The summed E-state index contributed by atoms with van der Waals surface area (Å²) in [5, 5.41) is 3.04. The van der Waals surface area contributed by atoms with E-state index in [1.54, 1.807) is 0 Å². The summed E-state index contributed by atoms with van der Waals surface area (Å²) in [6.45, 7) is 6.83. The summed E-state index contributed by atoms with van der Waals surface area (Å²) < 4.78 is 30.6. The standard InChI is InChI=1S/C65H115N2O7P/c1-7-10-13-16-19-22-25-28-30-32-33-35-36-39-42-45-48-51-54-57-64(68)66-62(61-73-75(70,71)72-60-59-67(4,5)6)63(56-53-50-47-44-41-38-27-24-21-18-15-12-9-3)74-65(69)58-55-52-49-46-43-40-37-34-31-29-26-23-20-17-14-11-8-2/h11,14,19-20,22-23,28-31,37,40,46,49,53,56,62-63H,7-10,12-13,15-18,21,24-27,32-36,38-39,41-45,47-48,50-52,54-55,57-61H2,1-6H3,(H-,66,68,70,71)/p+1/b14-11-,22-19-,23-20-,30-28-,31-29-,40-37-,49-46-,56-53+. The molecule has 0 aromatic heterocycles. The van der Waals surface area contributed by atoms with Crippen molar-refractivity contribution in [2.24, 2.45) is 0 Å². The molecular formula is C65H116N2O7P+. The number of carbonyl (C=O) groups excluding carboxylic acids is 2. The first kappa shape index (κ1) is 71.9. The molecule has 3 atom stereocenters. The van der Waals surface area contributed by atoms with Gasteiger partial charge in [-0.15, -0.1) is 0 Å². The molecule has 0 heterocycles. The predicted octanol–water partition coefficient (Wildman–Crippen LogP) is 18.8. The average molecular weight is 1070 g/mol. The van der Waals surface area contributed by atoms with E-state index in [1.165, 1.54) is 116 Å². The normalized spacial score (nSPS) is 14.4. The minimum Gasteiger partial charge on any atom is -0.456 e. The van der Waals surface area contributed by atoms with Crippen LogP contribution in [0.3, 0.4) is 0 Å². The van der Waals surface area contributed by atoms with Crippen LogP contribution in [0.2, 0.25) is 0 Å². The molecular weight excluding hydrogens is 952 g/mol. The number of unbranched alkanes of at least 4 members (excludes halogenated alkanes) is 24. The number of allylic oxidation sites excluding steroid dienone is 15. The Morgan fingerprint density at radius 3 is 1.33 bits per heavy atom. The molecule has 0 rings (SSSR count). The van der Waals surface area contributed by atoms with Crippen LogP contribution in [0.5, 0.6) is 0 Å². The second-order valence-corrected chi connectivity index (χ2v) is 22.9. The van der Waals surface area contributed by atoms with Crippen molar-refractivity contribution in [3.63, 3.8) is 0 Å². The molecule has 0 radical (unpaired) electrons. The lowest BCUT2D eigenvalue weighted by molar-refractivity contribution is -0.870. The van der Waals surface area contributed by atoms with Crippen molar-refractivity contribution in [2.75, 3.05) is 40.9 Å². The van der Waals surface area contributed by atoms with Gasteiger partial charge >= 0.3 is 13.8 Å². The molecule has 0 fully saturated rings. The van der Waals surface area contributed by atoms with Crippen molar-refractivity contribution in [3.8, 4) is 0 Å². The highest BCUT2D eigenvalue weighted by atomic mass is 31.2. The number of nitrogens with one attached hydrogen (secondary N) is 1. The fourth-order valence-corrected chi connectivity index (χ4v) is 9.04. The summed E-state index contributed by atoms with van der Waals surface area (Å²) in [5.41, 5.74) is 0. The maximum Gasteiger partial charge on any atom is 0.472 e. The molecule has 1 amide bonds. The number of amides is 1. The number of likely N-dealkylation sites (N-methyl/N-ethyl adjacent to an activating group) is 1. The molecule has 0 bridgehead atoms. The first-order chi connectivity index (χ1) is 36.4. The summed E-state index contributed by atoms with van der Waals surface area (Å²) >= 11 is 0. The second-order valence-electron chi connectivity index (χ2n) is 21.5. The Morgan fingerprint density at radius 1 is 0.480 bits per heavy atom. The van der Waals surface area contributed by atoms with Crippen molar-refractivity contribution < 1.29 is 37.3 Å². The summed E-state index contributed by atoms with van der Waals surface area (Å²) in [4.78, 5) is 37.7. The lowest BCUT2D eigenvalue weighted by Gasteiger charge is -2.27. The van der Waals surface area contributed by atoms with Gasteiger partial charge in [-0.2, -0.15) is 0 Å². The largest absolute Gasteiger partial charge is 0.472 e. The van der Waals surface area contributed by atoms with Crippen molar-refractivity contribution in [3.05, 3.63) is 97.2 Å². The third kappa shape index (κ3) is 55.5. The van der Waals surface area contributed by atoms with Crippen LogP contribution in [0.4, 0.5) is 0 Å². The van der Waals surface area contributed by atoms with Crippen molar-refractivity contribution in [1.82, 2.24) is 5.32 Å². The highest BCUT2D eigenvalue weighted by Gasteiger charge is 2.30. The highest BCUT2D eigenvalue weighted by Crippen LogP contribution is 2.43. The van der Waals surface area contributed by atoms with Crippen LogP contribution in [0.1, 0.15) is 252 Å². The Bertz CT molecular complexity index is 1610. The van der Waals surface area contributed by atoms with E-state index in [0.717, 1.165) is 96.3 Å². The Labute approximate surface area is 462 Å². The van der Waals surface area contributed by atoms with Gasteiger partial charge in [0.25, 0.3) is 0 Å². The molecule has 0 aliphatic carbocycles. The zero-order valence-electron chi connectivity index (χ0n) is 49.3. The topological polar surface area (TPSA) is 111 Å². The van der Waals surface area contributed by atoms with E-state index in [4.69, 9.17) is 13.8 Å². The van der Waals surface area contributed by atoms with E-state index >= 15 is 0 Å². The van der Waals surface area contributed by atoms with Gasteiger partial charge < -0.3 is 19.4 Å². The lowest BCUT2D eigenvalue weighted by Crippen LogP contribution is -2.47. The predicted molar refractivity (Wildman–Crippen MR) is 323 cm³/mol. The summed E-state index contributed by atoms with van der Waals surface area (Å²) in [5.74, 6) is -0.580. The number of hydrogen-bond donors (Lipinski definition) is 2. The van der Waals surface area contributed by atoms with Crippen LogP contribution >= 0.6 is 7.82 Å². The van der Waals surface area contributed by atoms with Gasteiger partial charge in [-0.1, -0.05) is 234 Å². The molecule has 3 unspecified atom stereocenters. The zero-order valence-corrected chi connectivity index (χ0v) is 50.2. The van der Waals surface area contributed by atoms with Gasteiger partial charge in [-0.3, -0.25) is 18.6 Å². The smallest absolute Gasteiger partial charge is 0.456 e. The number of nitrogens with zero attached hydrogens (tertiary/aromatic N) is 1. The van der Waals surface area contributed by atoms with E-state index in [-0.39, 0.29) is 31.5 Å². The monoisotopic (exact) mass is 1070 g/mol. The van der Waals surface area contributed by atoms with Gasteiger partial charge in [-0.25, -0.2) is 4.57 Å². The SMILES string of the molecule is CC/C=C\C/C=C\C/C=C\C/C=C\C/C=C\CCCC(=O)OC(/C=C/CCCCCCCCCCCCC)C(COP(=O)(O)OCC[N+](C)(C)C)NC(=O)CCCCCCCCCCC/C=C\C/C=C\CCCCC. The van der Waals surface area contributed by atoms with E-state index in [1.807, 2.05) is 33.3 Å². The minimum absolute atomic E-state index is 0.0264. The fraction of sp³-hybridized carbons (Fsp3) is 0.723. The quantitative estimate of drug-likeness (QED) is 0.0205. The third-order valence-corrected chi connectivity index (χ3v) is 14.0. The Balaban J connectivity index is 5.40. The molecule has 0 spiro atoms. The molecule has 0 aromatic rings. The fourth-order valence-electron chi connectivity index (χ4n) is 8.30. The van der Waals surface area contributed by atoms with Crippen LogP contribution in [-0.2, 0) is 27.9 Å². The van der Waals surface area contributed by atoms with E-state index in [9.17, 15) is 19.0 Å². The van der Waals surface area contributed by atoms with Gasteiger partial charge in [0.15, 0.2) is 0 Å². The summed E-state index contributed by atoms with van der Waals surface area (Å²) in [7, 11) is 1.45. The maximum absolute atomic E-state index is 13.5. The molecule has 0 saturated heterocycles. The van der Waals surface area contributed by atoms with Gasteiger partial charge in [0.05, 0.1) is 33.8 Å². The molecule has 0 aliphatic heterocycles. The third-order valence-electron chi connectivity index (χ3n) is 13.0. The van der Waals surface area contributed by atoms with E-state index in [2.05, 4.69) is 111 Å².